The van der Waals surface area contributed by atoms with Crippen LogP contribution in [-0.4, -0.2) is 6.61 Å². The maximum atomic E-state index is 6.21. The van der Waals surface area contributed by atoms with Crippen LogP contribution >= 0.6 is 11.6 Å². The van der Waals surface area contributed by atoms with Crippen molar-refractivity contribution in [3.63, 3.8) is 0 Å². The molecule has 0 unspecified atom stereocenters. The standard InChI is InChI=1S/C16H23ClO/c1-16(2,3)13-8-9-14(17)15(10-13)18-11-12-6-4-5-7-12/h8-10,12H,4-7,11H2,1-3H3. The summed E-state index contributed by atoms with van der Waals surface area (Å²) < 4.78 is 5.92. The molecule has 1 nitrogen and oxygen atoms in total. The van der Waals surface area contributed by atoms with Gasteiger partial charge in [-0.3, -0.25) is 0 Å². The molecule has 0 saturated heterocycles. The van der Waals surface area contributed by atoms with E-state index in [2.05, 4.69) is 32.9 Å². The lowest BCUT2D eigenvalue weighted by Gasteiger charge is -2.21. The highest BCUT2D eigenvalue weighted by Crippen LogP contribution is 2.33. The van der Waals surface area contributed by atoms with Crippen molar-refractivity contribution in [1.29, 1.82) is 0 Å². The van der Waals surface area contributed by atoms with Crippen LogP contribution in [0.2, 0.25) is 5.02 Å². The Morgan fingerprint density at radius 3 is 2.50 bits per heavy atom. The van der Waals surface area contributed by atoms with Gasteiger partial charge in [0.2, 0.25) is 0 Å². The molecule has 18 heavy (non-hydrogen) atoms. The lowest BCUT2D eigenvalue weighted by Crippen LogP contribution is -2.12. The highest BCUT2D eigenvalue weighted by molar-refractivity contribution is 6.32. The van der Waals surface area contributed by atoms with Crippen molar-refractivity contribution in [2.75, 3.05) is 6.61 Å². The van der Waals surface area contributed by atoms with E-state index in [1.807, 2.05) is 6.07 Å². The average molecular weight is 267 g/mol. The molecule has 1 aliphatic rings. The Kier molecular flexibility index (Phi) is 4.21. The zero-order valence-corrected chi connectivity index (χ0v) is 12.4. The zero-order chi connectivity index (χ0) is 13.2. The van der Waals surface area contributed by atoms with E-state index in [1.54, 1.807) is 0 Å². The van der Waals surface area contributed by atoms with Gasteiger partial charge in [-0.2, -0.15) is 0 Å². The largest absolute Gasteiger partial charge is 0.492 e. The summed E-state index contributed by atoms with van der Waals surface area (Å²) in [5.41, 5.74) is 1.41. The Bertz CT molecular complexity index is 400. The van der Waals surface area contributed by atoms with Crippen LogP contribution in [0.3, 0.4) is 0 Å². The zero-order valence-electron chi connectivity index (χ0n) is 11.6. The van der Waals surface area contributed by atoms with Crippen molar-refractivity contribution in [3.8, 4) is 5.75 Å². The molecule has 1 saturated carbocycles. The van der Waals surface area contributed by atoms with Gasteiger partial charge < -0.3 is 4.74 Å². The number of benzene rings is 1. The third kappa shape index (κ3) is 3.41. The van der Waals surface area contributed by atoms with Crippen LogP contribution in [0.5, 0.6) is 5.75 Å². The Hall–Kier alpha value is -0.690. The molecule has 1 fully saturated rings. The molecule has 2 rings (SSSR count). The molecule has 1 aliphatic carbocycles. The predicted octanol–water partition coefficient (Wildman–Crippen LogP) is 5.21. The second kappa shape index (κ2) is 5.52. The molecule has 0 heterocycles. The molecule has 2 heteroatoms. The van der Waals surface area contributed by atoms with Crippen LogP contribution in [-0.2, 0) is 5.41 Å². The van der Waals surface area contributed by atoms with E-state index in [-0.39, 0.29) is 5.41 Å². The summed E-state index contributed by atoms with van der Waals surface area (Å²) in [4.78, 5) is 0. The molecule has 0 aromatic heterocycles. The minimum atomic E-state index is 0.135. The molecule has 0 spiro atoms. The van der Waals surface area contributed by atoms with Crippen molar-refractivity contribution >= 4 is 11.6 Å². The van der Waals surface area contributed by atoms with E-state index >= 15 is 0 Å². The van der Waals surface area contributed by atoms with Gasteiger partial charge in [0.1, 0.15) is 5.75 Å². The summed E-state index contributed by atoms with van der Waals surface area (Å²) in [5.74, 6) is 1.57. The first kappa shape index (κ1) is 13.7. The molecule has 100 valence electrons. The Morgan fingerprint density at radius 1 is 1.22 bits per heavy atom. The number of hydrogen-bond donors (Lipinski definition) is 0. The summed E-state index contributed by atoms with van der Waals surface area (Å²) in [6.07, 6.45) is 5.31. The third-order valence-corrected chi connectivity index (χ3v) is 4.06. The molecule has 0 amide bonds. The van der Waals surface area contributed by atoms with E-state index in [0.29, 0.717) is 0 Å². The van der Waals surface area contributed by atoms with Crippen LogP contribution in [0.1, 0.15) is 52.0 Å². The summed E-state index contributed by atoms with van der Waals surface area (Å²) in [6.45, 7) is 7.43. The minimum absolute atomic E-state index is 0.135. The van der Waals surface area contributed by atoms with Gasteiger partial charge in [0.15, 0.2) is 0 Å². The van der Waals surface area contributed by atoms with Gasteiger partial charge in [0.25, 0.3) is 0 Å². The molecule has 1 aromatic rings. The van der Waals surface area contributed by atoms with E-state index in [9.17, 15) is 0 Å². The van der Waals surface area contributed by atoms with Crippen molar-refractivity contribution in [2.45, 2.75) is 51.9 Å². The predicted molar refractivity (Wildman–Crippen MR) is 77.6 cm³/mol. The monoisotopic (exact) mass is 266 g/mol. The van der Waals surface area contributed by atoms with E-state index in [1.165, 1.54) is 31.2 Å². The first-order valence-corrected chi connectivity index (χ1v) is 7.27. The van der Waals surface area contributed by atoms with Gasteiger partial charge in [-0.25, -0.2) is 0 Å². The highest BCUT2D eigenvalue weighted by atomic mass is 35.5. The number of ether oxygens (including phenoxy) is 1. The molecule has 0 atom stereocenters. The van der Waals surface area contributed by atoms with Gasteiger partial charge in [-0.1, -0.05) is 51.3 Å². The van der Waals surface area contributed by atoms with Crippen LogP contribution in [0.4, 0.5) is 0 Å². The minimum Gasteiger partial charge on any atom is -0.492 e. The molecule has 0 N–H and O–H groups in total. The van der Waals surface area contributed by atoms with Crippen molar-refractivity contribution in [1.82, 2.24) is 0 Å². The van der Waals surface area contributed by atoms with Gasteiger partial charge in [0, 0.05) is 0 Å². The van der Waals surface area contributed by atoms with Crippen molar-refractivity contribution in [2.24, 2.45) is 5.92 Å². The van der Waals surface area contributed by atoms with Gasteiger partial charge in [-0.05, 0) is 41.9 Å². The molecule has 0 bridgehead atoms. The number of halogens is 1. The third-order valence-electron chi connectivity index (χ3n) is 3.75. The Labute approximate surface area is 115 Å². The lowest BCUT2D eigenvalue weighted by atomic mass is 9.87. The highest BCUT2D eigenvalue weighted by Gasteiger charge is 2.18. The van der Waals surface area contributed by atoms with Gasteiger partial charge in [0.05, 0.1) is 11.6 Å². The second-order valence-electron chi connectivity index (χ2n) is 6.36. The quantitative estimate of drug-likeness (QED) is 0.730. The summed E-state index contributed by atoms with van der Waals surface area (Å²) in [7, 11) is 0. The lowest BCUT2D eigenvalue weighted by molar-refractivity contribution is 0.252. The number of hydrogen-bond acceptors (Lipinski definition) is 1. The van der Waals surface area contributed by atoms with Crippen LogP contribution in [0, 0.1) is 5.92 Å². The SMILES string of the molecule is CC(C)(C)c1ccc(Cl)c(OCC2CCCC2)c1. The summed E-state index contributed by atoms with van der Waals surface area (Å²) in [6, 6.07) is 6.13. The topological polar surface area (TPSA) is 9.23 Å². The van der Waals surface area contributed by atoms with Crippen LogP contribution in [0.25, 0.3) is 0 Å². The van der Waals surface area contributed by atoms with E-state index in [4.69, 9.17) is 16.3 Å². The van der Waals surface area contributed by atoms with Gasteiger partial charge in [-0.15, -0.1) is 0 Å². The molecule has 1 aromatic carbocycles. The fourth-order valence-electron chi connectivity index (χ4n) is 2.47. The fraction of sp³-hybridized carbons (Fsp3) is 0.625. The maximum Gasteiger partial charge on any atom is 0.138 e. The Morgan fingerprint density at radius 2 is 1.89 bits per heavy atom. The summed E-state index contributed by atoms with van der Waals surface area (Å²) >= 11 is 6.21. The van der Waals surface area contributed by atoms with Crippen LogP contribution in [0.15, 0.2) is 18.2 Å². The molecular formula is C16H23ClO. The smallest absolute Gasteiger partial charge is 0.138 e. The van der Waals surface area contributed by atoms with Crippen LogP contribution < -0.4 is 4.74 Å². The first-order valence-electron chi connectivity index (χ1n) is 6.89. The molecule has 0 aliphatic heterocycles. The first-order chi connectivity index (χ1) is 8.47. The van der Waals surface area contributed by atoms with Gasteiger partial charge >= 0.3 is 0 Å². The number of rotatable bonds is 3. The molecule has 0 radical (unpaired) electrons. The Balaban J connectivity index is 2.06. The van der Waals surface area contributed by atoms with E-state index < -0.39 is 0 Å². The van der Waals surface area contributed by atoms with E-state index in [0.717, 1.165) is 23.3 Å². The second-order valence-corrected chi connectivity index (χ2v) is 6.76. The fourth-order valence-corrected chi connectivity index (χ4v) is 2.64. The van der Waals surface area contributed by atoms with Crippen molar-refractivity contribution in [3.05, 3.63) is 28.8 Å². The van der Waals surface area contributed by atoms with Crippen molar-refractivity contribution < 1.29 is 4.74 Å². The normalized spacial score (nSPS) is 17.1. The summed E-state index contributed by atoms with van der Waals surface area (Å²) in [5, 5.41) is 0.723. The molecular weight excluding hydrogens is 244 g/mol. The maximum absolute atomic E-state index is 6.21. The average Bonchev–Trinajstić information content (AvgIpc) is 2.79.